The molecule has 0 heterocycles. The van der Waals surface area contributed by atoms with Gasteiger partial charge in [-0.25, -0.2) is 0 Å². The van der Waals surface area contributed by atoms with E-state index in [-0.39, 0.29) is 6.42 Å². The van der Waals surface area contributed by atoms with Crippen molar-refractivity contribution >= 4 is 150 Å². The van der Waals surface area contributed by atoms with Gasteiger partial charge in [0.05, 0.1) is 24.3 Å². The second kappa shape index (κ2) is 51.9. The van der Waals surface area contributed by atoms with Crippen LogP contribution < -0.4 is 101 Å². The summed E-state index contributed by atoms with van der Waals surface area (Å²) in [7, 11) is -10.8. The first-order valence-electron chi connectivity index (χ1n) is 48.0. The number of carboxylic acid groups (broad SMARTS) is 1. The van der Waals surface area contributed by atoms with Gasteiger partial charge in [-0.3, -0.25) is 4.79 Å². The van der Waals surface area contributed by atoms with Crippen molar-refractivity contribution in [3.05, 3.63) is 637 Å². The molecule has 0 amide bonds. The van der Waals surface area contributed by atoms with E-state index in [2.05, 4.69) is 619 Å². The highest BCUT2D eigenvalue weighted by Crippen LogP contribution is 2.61. The molecule has 0 saturated heterocycles. The quantitative estimate of drug-likeness (QED) is 0.0288. The van der Waals surface area contributed by atoms with Gasteiger partial charge in [0.1, 0.15) is 151 Å². The fourth-order valence-corrected chi connectivity index (χ4v) is 43.2. The molecule has 0 aliphatic heterocycles. The zero-order chi connectivity index (χ0) is 97.2. The van der Waals surface area contributed by atoms with Crippen LogP contribution in [0.2, 0.25) is 0 Å². The van der Waals surface area contributed by atoms with Crippen LogP contribution in [0, 0.1) is 12.3 Å². The number of hydrogen-bond donors (Lipinski definition) is 1. The lowest BCUT2D eigenvalue weighted by Crippen LogP contribution is -2.38. The zero-order valence-electron chi connectivity index (χ0n) is 79.7. The van der Waals surface area contributed by atoms with Gasteiger partial charge in [0.2, 0.25) is 0 Å². The number of hydrogen-bond acceptors (Lipinski definition) is 1. The molecule has 20 aromatic carbocycles. The van der Waals surface area contributed by atoms with Crippen molar-refractivity contribution in [2.75, 3.05) is 18.5 Å². The SMILES string of the molecule is C#CC[P+](c1ccccc1)(c1ccccc1)c1ccccc1.C=CC[P+](c1ccccc1)(c1ccccc1)c1ccccc1.C=C[P+](c1ccccc1)(c1ccccc1)c1ccccc1.O=C(O)CCC[P+](c1ccccc1)(c1ccccc1)c1ccccc1.c1ccc(C[P+](c2ccccc2)(c2ccccc2)c2ccccc2)cc1.c1ccc([P+](c2ccccc2)(c2ccccc2)c2ccccc2)cc1. The Balaban J connectivity index is 0.000000128. The number of allylic oxidation sites excluding steroid dienone is 1. The summed E-state index contributed by atoms with van der Waals surface area (Å²) in [4.78, 5) is 11.1. The lowest BCUT2D eigenvalue weighted by molar-refractivity contribution is -0.137. The molecule has 0 atom stereocenters. The largest absolute Gasteiger partial charge is 0.481 e. The van der Waals surface area contributed by atoms with Crippen molar-refractivity contribution in [3.8, 4) is 12.3 Å². The third-order valence-electron chi connectivity index (χ3n) is 25.6. The van der Waals surface area contributed by atoms with Crippen molar-refractivity contribution in [3.63, 3.8) is 0 Å². The Labute approximate surface area is 840 Å². The number of terminal acetylenes is 1. The lowest BCUT2D eigenvalue weighted by atomic mass is 10.2. The third-order valence-corrected chi connectivity index (χ3v) is 51.2. The number of carbonyl (C=O) groups is 1. The molecular weight excluding hydrogens is 1820 g/mol. The van der Waals surface area contributed by atoms with Crippen molar-refractivity contribution in [2.24, 2.45) is 0 Å². The summed E-state index contributed by atoms with van der Waals surface area (Å²) < 4.78 is 0. The summed E-state index contributed by atoms with van der Waals surface area (Å²) in [5.41, 5.74) is 1.39. The van der Waals surface area contributed by atoms with Gasteiger partial charge in [0.15, 0.2) is 0 Å². The Bertz CT molecular complexity index is 6430. The Morgan fingerprint density at radius 1 is 0.227 bits per heavy atom. The Morgan fingerprint density at radius 3 is 0.582 bits per heavy atom. The molecule has 0 bridgehead atoms. The summed E-state index contributed by atoms with van der Waals surface area (Å²) in [5, 5.41) is 35.2. The predicted octanol–water partition coefficient (Wildman–Crippen LogP) is 25.2. The maximum atomic E-state index is 11.1. The van der Waals surface area contributed by atoms with Crippen LogP contribution in [0.4, 0.5) is 0 Å². The topological polar surface area (TPSA) is 37.3 Å². The molecule has 0 radical (unpaired) electrons. The smallest absolute Gasteiger partial charge is 0.303 e. The molecule has 2 nitrogen and oxygen atoms in total. The molecule has 0 saturated carbocycles. The second-order valence-electron chi connectivity index (χ2n) is 33.9. The highest BCUT2D eigenvalue weighted by atomic mass is 31.2. The van der Waals surface area contributed by atoms with Gasteiger partial charge in [-0.1, -0.05) is 401 Å². The van der Waals surface area contributed by atoms with E-state index in [0.717, 1.165) is 24.6 Å². The van der Waals surface area contributed by atoms with Crippen molar-refractivity contribution in [1.82, 2.24) is 0 Å². The molecule has 0 aliphatic carbocycles. The van der Waals surface area contributed by atoms with E-state index >= 15 is 0 Å². The van der Waals surface area contributed by atoms with E-state index in [1.165, 1.54) is 106 Å². The fourth-order valence-electron chi connectivity index (χ4n) is 19.1. The van der Waals surface area contributed by atoms with E-state index in [4.69, 9.17) is 11.5 Å². The van der Waals surface area contributed by atoms with Crippen LogP contribution in [0.15, 0.2) is 632 Å². The molecule has 20 aromatic rings. The summed E-state index contributed by atoms with van der Waals surface area (Å²) in [6.45, 7) is 8.26. The molecule has 0 unspecified atom stereocenters. The molecule has 8 heteroatoms. The Morgan fingerprint density at radius 2 is 0.397 bits per heavy atom. The summed E-state index contributed by atoms with van der Waals surface area (Å²) in [5.74, 6) is 4.38. The highest BCUT2D eigenvalue weighted by molar-refractivity contribution is 8.02. The fraction of sp³-hybridized carbons (Fsp3) is 0.0451. The molecule has 0 aliphatic rings. The van der Waals surface area contributed by atoms with Gasteiger partial charge < -0.3 is 5.11 Å². The third kappa shape index (κ3) is 24.0. The summed E-state index contributed by atoms with van der Waals surface area (Å²) in [6.07, 6.45) is 12.4. The number of rotatable bonds is 29. The predicted molar refractivity (Wildman–Crippen MR) is 628 cm³/mol. The van der Waals surface area contributed by atoms with Crippen LogP contribution in [0.25, 0.3) is 0 Å². The van der Waals surface area contributed by atoms with Gasteiger partial charge >= 0.3 is 5.97 Å². The van der Waals surface area contributed by atoms with Crippen LogP contribution >= 0.6 is 43.6 Å². The molecule has 141 heavy (non-hydrogen) atoms. The van der Waals surface area contributed by atoms with Crippen LogP contribution in [0.3, 0.4) is 0 Å². The normalized spacial score (nSPS) is 11.1. The maximum Gasteiger partial charge on any atom is 0.303 e. The van der Waals surface area contributed by atoms with E-state index in [0.29, 0.717) is 6.42 Å². The van der Waals surface area contributed by atoms with Gasteiger partial charge in [-0.05, 0) is 243 Å². The highest BCUT2D eigenvalue weighted by Gasteiger charge is 2.51. The molecule has 688 valence electrons. The molecule has 0 fully saturated rings. The first kappa shape index (κ1) is 101. The van der Waals surface area contributed by atoms with Gasteiger partial charge in [0, 0.05) is 6.42 Å². The minimum atomic E-state index is -1.91. The minimum Gasteiger partial charge on any atom is -0.481 e. The second-order valence-corrected chi connectivity index (χ2v) is 54.8. The Kier molecular flexibility index (Phi) is 37.2. The summed E-state index contributed by atoms with van der Waals surface area (Å²) in [6, 6.07) is 216. The van der Waals surface area contributed by atoms with Crippen LogP contribution in [-0.4, -0.2) is 29.6 Å². The molecule has 0 aromatic heterocycles. The molecule has 1 N–H and O–H groups in total. The van der Waals surface area contributed by atoms with Gasteiger partial charge in [-0.2, -0.15) is 0 Å². The number of carboxylic acids is 1. The van der Waals surface area contributed by atoms with E-state index in [1.54, 1.807) is 0 Å². The average Bonchev–Trinajstić information content (AvgIpc) is 0.700. The van der Waals surface area contributed by atoms with Gasteiger partial charge in [-0.15, -0.1) is 6.42 Å². The van der Waals surface area contributed by atoms with E-state index in [9.17, 15) is 4.79 Å². The van der Waals surface area contributed by atoms with E-state index in [1.807, 2.05) is 18.2 Å². The first-order chi connectivity index (χ1) is 69.7. The van der Waals surface area contributed by atoms with E-state index < -0.39 is 49.5 Å². The minimum absolute atomic E-state index is 0.203. The van der Waals surface area contributed by atoms with Crippen LogP contribution in [0.1, 0.15) is 18.4 Å². The molecule has 0 spiro atoms. The maximum absolute atomic E-state index is 11.1. The Hall–Kier alpha value is -14.5. The first-order valence-corrected chi connectivity index (χ1v) is 59.5. The monoisotopic (exact) mass is 1930 g/mol. The van der Waals surface area contributed by atoms with Crippen LogP contribution in [0.5, 0.6) is 0 Å². The van der Waals surface area contributed by atoms with Crippen molar-refractivity contribution in [2.45, 2.75) is 19.0 Å². The van der Waals surface area contributed by atoms with Crippen molar-refractivity contribution in [1.29, 1.82) is 0 Å². The zero-order valence-corrected chi connectivity index (χ0v) is 85.0. The van der Waals surface area contributed by atoms with Crippen LogP contribution in [-0.2, 0) is 11.0 Å². The molecule has 20 rings (SSSR count). The average molecular weight is 1940 g/mol. The standard InChI is InChI=1S/C25H22P.C24H20P.C22H21O2P.C21H20P.C21H18P.C20H18P/c1-5-13-22(14-6-1)21-26(23-15-7-2-8-16-23,24-17-9-3-10-18-24)25-19-11-4-12-20-25;1-5-13-21(14-6-1)25(22-15-7-2-8-16-22,23-17-9-3-10-18-23)24-19-11-4-12-20-24;23-22(24)17-10-18-25(19-11-4-1-5-12-19,20-13-6-2-7-14-20)21-15-8-3-9-16-21;2*1-2-18-22(19-12-6-3-7-13-19,20-14-8-4-9-15-20)21-16-10-5-11-17-21;1-2-21(18-12-6-3-7-13-18,19-14-8-4-9-15-19)20-16-10-5-11-17-20/h1-20H,21H2;1-20H;1-9,11-16H,10,17-18H2;2-17H,1,18H2;1,3-17H,18H2;2-17H,1H2/q2*+1;;3*+1/p+1. The number of benzene rings is 20. The molecular formula is C133H120O2P6+6. The lowest BCUT2D eigenvalue weighted by Gasteiger charge is -2.27. The number of aliphatic carboxylic acids is 1. The van der Waals surface area contributed by atoms with Gasteiger partial charge in [0.25, 0.3) is 0 Å². The summed E-state index contributed by atoms with van der Waals surface area (Å²) >= 11 is 0. The van der Waals surface area contributed by atoms with Crippen molar-refractivity contribution < 1.29 is 9.90 Å².